The summed E-state index contributed by atoms with van der Waals surface area (Å²) in [4.78, 5) is 17.4. The van der Waals surface area contributed by atoms with Gasteiger partial charge < -0.3 is 14.8 Å². The first-order valence-corrected chi connectivity index (χ1v) is 9.49. The molecule has 0 bridgehead atoms. The SMILES string of the molecule is COc1cc(C)c(NC(=O)c2ccc(-c3cccc(Br)c3)nc2C)cc1OC. The minimum Gasteiger partial charge on any atom is -0.493 e. The van der Waals surface area contributed by atoms with Crippen LogP contribution in [0.15, 0.2) is 53.0 Å². The van der Waals surface area contributed by atoms with Gasteiger partial charge in [-0.1, -0.05) is 28.1 Å². The molecular formula is C22H21BrN2O3. The first-order valence-electron chi connectivity index (χ1n) is 8.70. The lowest BCUT2D eigenvalue weighted by atomic mass is 10.1. The topological polar surface area (TPSA) is 60.5 Å². The Morgan fingerprint density at radius 1 is 1.00 bits per heavy atom. The number of benzene rings is 2. The third kappa shape index (κ3) is 4.17. The van der Waals surface area contributed by atoms with Crippen LogP contribution in [-0.4, -0.2) is 25.1 Å². The van der Waals surface area contributed by atoms with Crippen LogP contribution in [0.3, 0.4) is 0 Å². The van der Waals surface area contributed by atoms with Crippen molar-refractivity contribution in [2.45, 2.75) is 13.8 Å². The molecule has 5 nitrogen and oxygen atoms in total. The predicted octanol–water partition coefficient (Wildman–Crippen LogP) is 5.40. The van der Waals surface area contributed by atoms with E-state index in [1.807, 2.05) is 50.2 Å². The standard InChI is InChI=1S/C22H21BrN2O3/c1-13-10-20(27-3)21(28-4)12-19(13)25-22(26)17-8-9-18(24-14(17)2)15-6-5-7-16(23)11-15/h5-12H,1-4H3,(H,25,26). The third-order valence-electron chi connectivity index (χ3n) is 4.43. The van der Waals surface area contributed by atoms with Crippen molar-refractivity contribution in [3.8, 4) is 22.8 Å². The van der Waals surface area contributed by atoms with Crippen LogP contribution >= 0.6 is 15.9 Å². The Morgan fingerprint density at radius 3 is 2.36 bits per heavy atom. The molecule has 0 unspecified atom stereocenters. The average Bonchev–Trinajstić information content (AvgIpc) is 2.68. The van der Waals surface area contributed by atoms with E-state index in [-0.39, 0.29) is 5.91 Å². The highest BCUT2D eigenvalue weighted by Gasteiger charge is 2.15. The summed E-state index contributed by atoms with van der Waals surface area (Å²) >= 11 is 3.47. The van der Waals surface area contributed by atoms with Gasteiger partial charge in [-0.15, -0.1) is 0 Å². The van der Waals surface area contributed by atoms with Gasteiger partial charge in [0.1, 0.15) is 0 Å². The number of anilines is 1. The molecule has 0 radical (unpaired) electrons. The van der Waals surface area contributed by atoms with Crippen LogP contribution in [0, 0.1) is 13.8 Å². The number of amides is 1. The summed E-state index contributed by atoms with van der Waals surface area (Å²) in [6.45, 7) is 3.73. The maximum absolute atomic E-state index is 12.8. The number of halogens is 1. The molecule has 0 saturated heterocycles. The maximum Gasteiger partial charge on any atom is 0.257 e. The number of carbonyl (C=O) groups excluding carboxylic acids is 1. The Labute approximate surface area is 172 Å². The molecule has 0 fully saturated rings. The number of nitrogens with zero attached hydrogens (tertiary/aromatic N) is 1. The van der Waals surface area contributed by atoms with Crippen molar-refractivity contribution in [2.24, 2.45) is 0 Å². The fourth-order valence-electron chi connectivity index (χ4n) is 2.91. The molecule has 1 N–H and O–H groups in total. The largest absolute Gasteiger partial charge is 0.493 e. The summed E-state index contributed by atoms with van der Waals surface area (Å²) in [5, 5.41) is 2.94. The van der Waals surface area contributed by atoms with Crippen molar-refractivity contribution in [2.75, 3.05) is 19.5 Å². The molecule has 1 aromatic heterocycles. The highest BCUT2D eigenvalue weighted by molar-refractivity contribution is 9.10. The fraction of sp³-hybridized carbons (Fsp3) is 0.182. The summed E-state index contributed by atoms with van der Waals surface area (Å²) < 4.78 is 11.6. The zero-order valence-electron chi connectivity index (χ0n) is 16.2. The van der Waals surface area contributed by atoms with Crippen molar-refractivity contribution in [3.63, 3.8) is 0 Å². The molecule has 0 atom stereocenters. The molecule has 0 aliphatic heterocycles. The highest BCUT2D eigenvalue weighted by atomic mass is 79.9. The molecule has 0 aliphatic carbocycles. The lowest BCUT2D eigenvalue weighted by molar-refractivity contribution is 0.102. The number of hydrogen-bond acceptors (Lipinski definition) is 4. The van der Waals surface area contributed by atoms with E-state index in [0.717, 1.165) is 21.3 Å². The second kappa shape index (κ2) is 8.44. The van der Waals surface area contributed by atoms with Crippen molar-refractivity contribution < 1.29 is 14.3 Å². The molecule has 28 heavy (non-hydrogen) atoms. The van der Waals surface area contributed by atoms with Gasteiger partial charge in [0, 0.05) is 21.8 Å². The molecule has 3 aromatic rings. The fourth-order valence-corrected chi connectivity index (χ4v) is 3.31. The average molecular weight is 441 g/mol. The van der Waals surface area contributed by atoms with E-state index >= 15 is 0 Å². The van der Waals surface area contributed by atoms with Gasteiger partial charge in [-0.2, -0.15) is 0 Å². The number of aromatic nitrogens is 1. The van der Waals surface area contributed by atoms with Gasteiger partial charge in [-0.3, -0.25) is 9.78 Å². The molecule has 0 saturated carbocycles. The first-order chi connectivity index (χ1) is 13.4. The molecule has 2 aromatic carbocycles. The number of pyridine rings is 1. The lowest BCUT2D eigenvalue weighted by Gasteiger charge is -2.14. The molecule has 6 heteroatoms. The van der Waals surface area contributed by atoms with E-state index in [9.17, 15) is 4.79 Å². The molecule has 0 spiro atoms. The van der Waals surface area contributed by atoms with E-state index in [1.54, 1.807) is 26.4 Å². The van der Waals surface area contributed by atoms with E-state index in [2.05, 4.69) is 26.2 Å². The Balaban J connectivity index is 1.87. The number of carbonyl (C=O) groups is 1. The smallest absolute Gasteiger partial charge is 0.257 e. The Hall–Kier alpha value is -2.86. The van der Waals surface area contributed by atoms with Crippen molar-refractivity contribution in [3.05, 3.63) is 69.8 Å². The molecule has 144 valence electrons. The van der Waals surface area contributed by atoms with E-state index < -0.39 is 0 Å². The van der Waals surface area contributed by atoms with Crippen molar-refractivity contribution in [1.82, 2.24) is 4.98 Å². The van der Waals surface area contributed by atoms with E-state index in [1.165, 1.54) is 0 Å². The van der Waals surface area contributed by atoms with Gasteiger partial charge in [0.25, 0.3) is 5.91 Å². The lowest BCUT2D eigenvalue weighted by Crippen LogP contribution is -2.15. The zero-order chi connectivity index (χ0) is 20.3. The van der Waals surface area contributed by atoms with Gasteiger partial charge in [-0.25, -0.2) is 0 Å². The number of aryl methyl sites for hydroxylation is 2. The number of rotatable bonds is 5. The van der Waals surface area contributed by atoms with Crippen molar-refractivity contribution >= 4 is 27.5 Å². The van der Waals surface area contributed by atoms with E-state index in [0.29, 0.717) is 28.4 Å². The van der Waals surface area contributed by atoms with Crippen LogP contribution < -0.4 is 14.8 Å². The zero-order valence-corrected chi connectivity index (χ0v) is 17.8. The predicted molar refractivity (Wildman–Crippen MR) is 114 cm³/mol. The molecular weight excluding hydrogens is 420 g/mol. The van der Waals surface area contributed by atoms with Gasteiger partial charge in [0.2, 0.25) is 0 Å². The number of hydrogen-bond donors (Lipinski definition) is 1. The summed E-state index contributed by atoms with van der Waals surface area (Å²) in [7, 11) is 3.14. The van der Waals surface area contributed by atoms with Gasteiger partial charge >= 0.3 is 0 Å². The maximum atomic E-state index is 12.8. The monoisotopic (exact) mass is 440 g/mol. The summed E-state index contributed by atoms with van der Waals surface area (Å²) in [6, 6.07) is 15.1. The molecule has 0 aliphatic rings. The van der Waals surface area contributed by atoms with E-state index in [4.69, 9.17) is 9.47 Å². The van der Waals surface area contributed by atoms with Crippen molar-refractivity contribution in [1.29, 1.82) is 0 Å². The van der Waals surface area contributed by atoms with Crippen LogP contribution in [0.25, 0.3) is 11.3 Å². The summed E-state index contributed by atoms with van der Waals surface area (Å²) in [5.41, 5.74) is 4.53. The molecule has 1 amide bonds. The number of nitrogens with one attached hydrogen (secondary N) is 1. The Kier molecular flexibility index (Phi) is 5.99. The molecule has 1 heterocycles. The van der Waals surface area contributed by atoms with Gasteiger partial charge in [0.15, 0.2) is 11.5 Å². The minimum atomic E-state index is -0.221. The number of methoxy groups -OCH3 is 2. The normalized spacial score (nSPS) is 10.5. The van der Waals surface area contributed by atoms with Crippen LogP contribution in [0.5, 0.6) is 11.5 Å². The van der Waals surface area contributed by atoms with Gasteiger partial charge in [-0.05, 0) is 49.7 Å². The Bertz CT molecular complexity index is 1030. The second-order valence-electron chi connectivity index (χ2n) is 6.32. The minimum absolute atomic E-state index is 0.221. The van der Waals surface area contributed by atoms with Gasteiger partial charge in [0.05, 0.1) is 31.2 Å². The first kappa shape index (κ1) is 19.9. The number of ether oxygens (including phenoxy) is 2. The quantitative estimate of drug-likeness (QED) is 0.576. The summed E-state index contributed by atoms with van der Waals surface area (Å²) in [5.74, 6) is 0.957. The third-order valence-corrected chi connectivity index (χ3v) is 4.92. The van der Waals surface area contributed by atoms with Crippen LogP contribution in [0.2, 0.25) is 0 Å². The Morgan fingerprint density at radius 2 is 1.71 bits per heavy atom. The summed E-state index contributed by atoms with van der Waals surface area (Å²) in [6.07, 6.45) is 0. The second-order valence-corrected chi connectivity index (χ2v) is 7.23. The molecule has 3 rings (SSSR count). The van der Waals surface area contributed by atoms with Crippen LogP contribution in [-0.2, 0) is 0 Å². The van der Waals surface area contributed by atoms with Crippen LogP contribution in [0.4, 0.5) is 5.69 Å². The highest BCUT2D eigenvalue weighted by Crippen LogP contribution is 2.33. The van der Waals surface area contributed by atoms with Crippen LogP contribution in [0.1, 0.15) is 21.6 Å².